The third-order valence-electron chi connectivity index (χ3n) is 6.19. The lowest BCUT2D eigenvalue weighted by molar-refractivity contribution is 1.35. The van der Waals surface area contributed by atoms with Crippen LogP contribution >= 0.6 is 0 Å². The summed E-state index contributed by atoms with van der Waals surface area (Å²) in [4.78, 5) is 0. The normalized spacial score (nSPS) is 11.5. The summed E-state index contributed by atoms with van der Waals surface area (Å²) in [5, 5.41) is 0. The summed E-state index contributed by atoms with van der Waals surface area (Å²) in [6.07, 6.45) is 9.88. The van der Waals surface area contributed by atoms with Crippen LogP contribution in [0, 0.1) is 13.8 Å². The SMILES string of the molecule is C=C/C=C\C(=C/C=C)c1c(C)c(-c2ccccc2)c(-c2ccccc2)c(C)c1-c1ccccc1. The van der Waals surface area contributed by atoms with Gasteiger partial charge in [-0.15, -0.1) is 0 Å². The maximum atomic E-state index is 4.00. The average molecular weight is 439 g/mol. The van der Waals surface area contributed by atoms with Crippen molar-refractivity contribution < 1.29 is 0 Å². The van der Waals surface area contributed by atoms with Crippen LogP contribution in [0.25, 0.3) is 39.0 Å². The third-order valence-corrected chi connectivity index (χ3v) is 6.19. The highest BCUT2D eigenvalue weighted by molar-refractivity contribution is 6.00. The van der Waals surface area contributed by atoms with Crippen LogP contribution in [0.2, 0.25) is 0 Å². The van der Waals surface area contributed by atoms with Gasteiger partial charge in [0.15, 0.2) is 0 Å². The highest BCUT2D eigenvalue weighted by Gasteiger charge is 2.23. The van der Waals surface area contributed by atoms with E-state index < -0.39 is 0 Å². The Hall–Kier alpha value is -4.16. The van der Waals surface area contributed by atoms with Crippen LogP contribution in [-0.2, 0) is 0 Å². The van der Waals surface area contributed by atoms with Crippen LogP contribution in [-0.4, -0.2) is 0 Å². The highest BCUT2D eigenvalue weighted by atomic mass is 14.3. The summed E-state index contributed by atoms with van der Waals surface area (Å²) < 4.78 is 0. The highest BCUT2D eigenvalue weighted by Crippen LogP contribution is 2.46. The first-order valence-corrected chi connectivity index (χ1v) is 11.6. The van der Waals surface area contributed by atoms with Gasteiger partial charge in [-0.25, -0.2) is 0 Å². The molecule has 0 aliphatic carbocycles. The molecule has 0 unspecified atom stereocenters. The Labute approximate surface area is 203 Å². The van der Waals surface area contributed by atoms with E-state index in [1.54, 1.807) is 0 Å². The zero-order valence-corrected chi connectivity index (χ0v) is 20.0. The molecule has 4 aromatic carbocycles. The topological polar surface area (TPSA) is 0 Å². The molecule has 0 heterocycles. The first kappa shape index (κ1) is 23.0. The fourth-order valence-corrected chi connectivity index (χ4v) is 4.78. The van der Waals surface area contributed by atoms with Crippen molar-refractivity contribution in [2.45, 2.75) is 13.8 Å². The van der Waals surface area contributed by atoms with Crippen LogP contribution in [0.5, 0.6) is 0 Å². The minimum absolute atomic E-state index is 1.12. The average Bonchev–Trinajstić information content (AvgIpc) is 2.89. The van der Waals surface area contributed by atoms with Crippen molar-refractivity contribution in [2.24, 2.45) is 0 Å². The van der Waals surface area contributed by atoms with Gasteiger partial charge in [0.2, 0.25) is 0 Å². The van der Waals surface area contributed by atoms with Gasteiger partial charge in [0.25, 0.3) is 0 Å². The predicted molar refractivity (Wildman–Crippen MR) is 150 cm³/mol. The minimum Gasteiger partial charge on any atom is -0.0991 e. The second-order valence-corrected chi connectivity index (χ2v) is 8.30. The second-order valence-electron chi connectivity index (χ2n) is 8.30. The van der Waals surface area contributed by atoms with Gasteiger partial charge < -0.3 is 0 Å². The minimum atomic E-state index is 1.12. The molecule has 0 aromatic heterocycles. The van der Waals surface area contributed by atoms with Crippen LogP contribution in [0.15, 0.2) is 135 Å². The molecular weight excluding hydrogens is 408 g/mol. The maximum Gasteiger partial charge on any atom is -0.00668 e. The van der Waals surface area contributed by atoms with Gasteiger partial charge in [-0.2, -0.15) is 0 Å². The molecule has 0 saturated heterocycles. The van der Waals surface area contributed by atoms with Crippen molar-refractivity contribution in [3.63, 3.8) is 0 Å². The van der Waals surface area contributed by atoms with Crippen molar-refractivity contribution in [1.82, 2.24) is 0 Å². The summed E-state index contributed by atoms with van der Waals surface area (Å²) in [6.45, 7) is 12.4. The summed E-state index contributed by atoms with van der Waals surface area (Å²) in [5.41, 5.74) is 12.3. The Morgan fingerprint density at radius 3 is 1.44 bits per heavy atom. The van der Waals surface area contributed by atoms with Crippen molar-refractivity contribution in [3.8, 4) is 33.4 Å². The van der Waals surface area contributed by atoms with E-state index in [1.807, 2.05) is 18.2 Å². The molecule has 4 rings (SSSR count). The van der Waals surface area contributed by atoms with E-state index in [2.05, 4.69) is 130 Å². The van der Waals surface area contributed by atoms with Crippen LogP contribution in [0.1, 0.15) is 16.7 Å². The molecular formula is C34H30. The number of allylic oxidation sites excluding steroid dienone is 6. The number of hydrogen-bond donors (Lipinski definition) is 0. The van der Waals surface area contributed by atoms with Gasteiger partial charge >= 0.3 is 0 Å². The van der Waals surface area contributed by atoms with Gasteiger partial charge in [0.1, 0.15) is 0 Å². The molecule has 0 N–H and O–H groups in total. The van der Waals surface area contributed by atoms with Gasteiger partial charge in [-0.3, -0.25) is 0 Å². The fraction of sp³-hybridized carbons (Fsp3) is 0.0588. The molecule has 0 bridgehead atoms. The van der Waals surface area contributed by atoms with E-state index in [1.165, 1.54) is 50.1 Å². The molecule has 0 atom stereocenters. The first-order chi connectivity index (χ1) is 16.7. The molecule has 0 radical (unpaired) electrons. The zero-order chi connectivity index (χ0) is 23.9. The molecule has 0 amide bonds. The molecule has 4 aromatic rings. The Kier molecular flexibility index (Phi) is 7.20. The van der Waals surface area contributed by atoms with E-state index in [-0.39, 0.29) is 0 Å². The Morgan fingerprint density at radius 2 is 1.00 bits per heavy atom. The summed E-state index contributed by atoms with van der Waals surface area (Å²) in [6, 6.07) is 32.1. The summed E-state index contributed by atoms with van der Waals surface area (Å²) in [5.74, 6) is 0. The smallest absolute Gasteiger partial charge is 0.00668 e. The largest absolute Gasteiger partial charge is 0.0991 e. The van der Waals surface area contributed by atoms with Crippen LogP contribution < -0.4 is 0 Å². The van der Waals surface area contributed by atoms with E-state index in [4.69, 9.17) is 0 Å². The molecule has 0 aliphatic heterocycles. The summed E-state index contributed by atoms with van der Waals surface area (Å²) >= 11 is 0. The van der Waals surface area contributed by atoms with Crippen molar-refractivity contribution in [2.75, 3.05) is 0 Å². The molecule has 0 nitrogen and oxygen atoms in total. The van der Waals surface area contributed by atoms with Gasteiger partial charge in [0.05, 0.1) is 0 Å². The lowest BCUT2D eigenvalue weighted by atomic mass is 9.78. The first-order valence-electron chi connectivity index (χ1n) is 11.6. The molecule has 0 saturated carbocycles. The monoisotopic (exact) mass is 438 g/mol. The van der Waals surface area contributed by atoms with Gasteiger partial charge in [0, 0.05) is 0 Å². The van der Waals surface area contributed by atoms with E-state index in [0.717, 1.165) is 5.57 Å². The van der Waals surface area contributed by atoms with Crippen molar-refractivity contribution in [3.05, 3.63) is 151 Å². The summed E-state index contributed by atoms with van der Waals surface area (Å²) in [7, 11) is 0. The van der Waals surface area contributed by atoms with Gasteiger partial charge in [-0.05, 0) is 69.5 Å². The Bertz CT molecular complexity index is 1350. The second kappa shape index (κ2) is 10.6. The van der Waals surface area contributed by atoms with Crippen LogP contribution in [0.3, 0.4) is 0 Å². The molecule has 0 aliphatic rings. The Balaban J connectivity index is 2.22. The maximum absolute atomic E-state index is 4.00. The number of hydrogen-bond acceptors (Lipinski definition) is 0. The van der Waals surface area contributed by atoms with Crippen molar-refractivity contribution >= 4 is 5.57 Å². The molecule has 0 fully saturated rings. The van der Waals surface area contributed by atoms with Crippen molar-refractivity contribution in [1.29, 1.82) is 0 Å². The van der Waals surface area contributed by atoms with E-state index in [9.17, 15) is 0 Å². The predicted octanol–water partition coefficient (Wildman–Crippen LogP) is 9.62. The molecule has 0 spiro atoms. The molecule has 0 heteroatoms. The zero-order valence-electron chi connectivity index (χ0n) is 20.0. The third kappa shape index (κ3) is 4.49. The fourth-order valence-electron chi connectivity index (χ4n) is 4.78. The van der Waals surface area contributed by atoms with Gasteiger partial charge in [-0.1, -0.05) is 135 Å². The van der Waals surface area contributed by atoms with Crippen LogP contribution in [0.4, 0.5) is 0 Å². The lowest BCUT2D eigenvalue weighted by Crippen LogP contribution is -2.03. The lowest BCUT2D eigenvalue weighted by Gasteiger charge is -2.25. The standard InChI is InChI=1S/C34H30/c1-5-7-18-27(17-6-2)31-25(3)33(29-21-13-9-14-22-29)34(30-23-15-10-16-24-30)26(4)32(31)28-19-11-8-12-20-28/h5-24H,1-2H2,3-4H3/b18-7-,27-17+. The van der Waals surface area contributed by atoms with E-state index >= 15 is 0 Å². The molecule has 166 valence electrons. The Morgan fingerprint density at radius 1 is 0.559 bits per heavy atom. The molecule has 34 heavy (non-hydrogen) atoms. The number of benzene rings is 4. The quantitative estimate of drug-likeness (QED) is 0.252. The van der Waals surface area contributed by atoms with E-state index in [0.29, 0.717) is 0 Å². The number of rotatable bonds is 7.